The summed E-state index contributed by atoms with van der Waals surface area (Å²) < 4.78 is 11.1. The third-order valence-electron chi connectivity index (χ3n) is 5.06. The van der Waals surface area contributed by atoms with Gasteiger partial charge in [-0.25, -0.2) is 4.98 Å². The van der Waals surface area contributed by atoms with E-state index in [9.17, 15) is 0 Å². The fourth-order valence-electron chi connectivity index (χ4n) is 3.62. The highest BCUT2D eigenvalue weighted by Crippen LogP contribution is 2.37. The van der Waals surface area contributed by atoms with Crippen molar-refractivity contribution in [1.29, 1.82) is 0 Å². The fraction of sp³-hybridized carbons (Fsp3) is 0.300. The van der Waals surface area contributed by atoms with Crippen molar-refractivity contribution in [3.63, 3.8) is 0 Å². The molecule has 11 heteroatoms. The van der Waals surface area contributed by atoms with Crippen LogP contribution in [0.4, 0.5) is 16.9 Å². The minimum Gasteiger partial charge on any atom is -0.481 e. The number of nitrogens with zero attached hydrogens (tertiary/aromatic N) is 7. The summed E-state index contributed by atoms with van der Waals surface area (Å²) in [7, 11) is 1.59. The first-order valence-electron chi connectivity index (χ1n) is 9.82. The molecule has 10 nitrogen and oxygen atoms in total. The standard InChI is InChI=1S/C20H20N8O2S/c1-12-18(22-6-5-21-12)13-10-15(30-27-13)14-4-3-8-28(14)19-24-16(11-17(26-19)29-2)25-20-23-7-9-31-20/h5-7,9-11,14H,3-4,8H2,1-2H3,(H,23,24,25,26). The molecule has 0 amide bonds. The smallest absolute Gasteiger partial charge is 0.231 e. The summed E-state index contributed by atoms with van der Waals surface area (Å²) in [6.45, 7) is 2.70. The van der Waals surface area contributed by atoms with Gasteiger partial charge in [0.1, 0.15) is 17.2 Å². The van der Waals surface area contributed by atoms with Gasteiger partial charge >= 0.3 is 0 Å². The molecule has 0 bridgehead atoms. The zero-order chi connectivity index (χ0) is 21.2. The maximum atomic E-state index is 5.71. The molecule has 1 aliphatic heterocycles. The van der Waals surface area contributed by atoms with Gasteiger partial charge in [0.05, 0.1) is 18.8 Å². The van der Waals surface area contributed by atoms with Crippen LogP contribution in [0.5, 0.6) is 5.88 Å². The van der Waals surface area contributed by atoms with E-state index in [0.717, 1.165) is 41.7 Å². The summed E-state index contributed by atoms with van der Waals surface area (Å²) in [6.07, 6.45) is 6.95. The van der Waals surface area contributed by atoms with Crippen molar-refractivity contribution in [2.24, 2.45) is 0 Å². The Morgan fingerprint density at radius 3 is 2.87 bits per heavy atom. The van der Waals surface area contributed by atoms with Gasteiger partial charge in [-0.1, -0.05) is 5.16 Å². The van der Waals surface area contributed by atoms with Crippen molar-refractivity contribution in [2.45, 2.75) is 25.8 Å². The second-order valence-electron chi connectivity index (χ2n) is 7.01. The van der Waals surface area contributed by atoms with Gasteiger partial charge in [0.15, 0.2) is 10.9 Å². The fourth-order valence-corrected chi connectivity index (χ4v) is 4.16. The Bertz CT molecular complexity index is 1180. The van der Waals surface area contributed by atoms with Crippen molar-refractivity contribution in [3.05, 3.63) is 47.6 Å². The van der Waals surface area contributed by atoms with Gasteiger partial charge in [-0.2, -0.15) is 9.97 Å². The van der Waals surface area contributed by atoms with Crippen LogP contribution >= 0.6 is 11.3 Å². The van der Waals surface area contributed by atoms with E-state index in [4.69, 9.17) is 14.2 Å². The highest BCUT2D eigenvalue weighted by molar-refractivity contribution is 7.13. The molecule has 0 saturated carbocycles. The van der Waals surface area contributed by atoms with Crippen LogP contribution < -0.4 is 15.0 Å². The molecule has 0 spiro atoms. The Morgan fingerprint density at radius 1 is 1.16 bits per heavy atom. The second kappa shape index (κ2) is 8.26. The molecule has 1 atom stereocenters. The number of hydrogen-bond donors (Lipinski definition) is 1. The minimum atomic E-state index is -0.0296. The molecule has 0 aliphatic carbocycles. The molecule has 4 aromatic heterocycles. The molecule has 31 heavy (non-hydrogen) atoms. The molecule has 158 valence electrons. The highest BCUT2D eigenvalue weighted by atomic mass is 32.1. The predicted octanol–water partition coefficient (Wildman–Crippen LogP) is 3.78. The molecule has 5 rings (SSSR count). The zero-order valence-electron chi connectivity index (χ0n) is 17.0. The van der Waals surface area contributed by atoms with E-state index in [0.29, 0.717) is 23.3 Å². The number of methoxy groups -OCH3 is 1. The average molecular weight is 437 g/mol. The first kappa shape index (κ1) is 19.4. The van der Waals surface area contributed by atoms with E-state index in [1.165, 1.54) is 11.3 Å². The molecule has 1 fully saturated rings. The topological polar surface area (TPSA) is 115 Å². The number of rotatable bonds is 6. The quantitative estimate of drug-likeness (QED) is 0.479. The number of thiazole rings is 1. The lowest BCUT2D eigenvalue weighted by atomic mass is 10.1. The summed E-state index contributed by atoms with van der Waals surface area (Å²) in [6, 6.07) is 3.65. The van der Waals surface area contributed by atoms with Crippen molar-refractivity contribution in [2.75, 3.05) is 23.9 Å². The van der Waals surface area contributed by atoms with Gasteiger partial charge in [-0.15, -0.1) is 11.3 Å². The largest absolute Gasteiger partial charge is 0.481 e. The Hall–Kier alpha value is -3.60. The first-order valence-corrected chi connectivity index (χ1v) is 10.7. The van der Waals surface area contributed by atoms with E-state index in [2.05, 4.69) is 35.3 Å². The number of aryl methyl sites for hydroxylation is 1. The van der Waals surface area contributed by atoms with Gasteiger partial charge in [-0.05, 0) is 19.8 Å². The number of ether oxygens (including phenoxy) is 1. The van der Waals surface area contributed by atoms with Crippen LogP contribution in [0.3, 0.4) is 0 Å². The molecule has 0 radical (unpaired) electrons. The van der Waals surface area contributed by atoms with Crippen molar-refractivity contribution in [3.8, 4) is 17.3 Å². The molecule has 1 unspecified atom stereocenters. The van der Waals surface area contributed by atoms with E-state index < -0.39 is 0 Å². The molecule has 1 aliphatic rings. The average Bonchev–Trinajstić information content (AvgIpc) is 3.55. The van der Waals surface area contributed by atoms with E-state index in [1.807, 2.05) is 18.4 Å². The number of aromatic nitrogens is 6. The molecule has 1 N–H and O–H groups in total. The van der Waals surface area contributed by atoms with Crippen LogP contribution in [-0.2, 0) is 0 Å². The van der Waals surface area contributed by atoms with Crippen molar-refractivity contribution in [1.82, 2.24) is 30.1 Å². The van der Waals surface area contributed by atoms with E-state index in [-0.39, 0.29) is 6.04 Å². The minimum absolute atomic E-state index is 0.0296. The van der Waals surface area contributed by atoms with Crippen LogP contribution in [-0.4, -0.2) is 43.7 Å². The van der Waals surface area contributed by atoms with Crippen LogP contribution in [0, 0.1) is 6.92 Å². The lowest BCUT2D eigenvalue weighted by molar-refractivity contribution is 0.361. The number of hydrogen-bond acceptors (Lipinski definition) is 11. The molecular weight excluding hydrogens is 416 g/mol. The summed E-state index contributed by atoms with van der Waals surface area (Å²) in [5.74, 6) is 2.41. The highest BCUT2D eigenvalue weighted by Gasteiger charge is 2.32. The number of anilines is 3. The maximum Gasteiger partial charge on any atom is 0.231 e. The van der Waals surface area contributed by atoms with Gasteiger partial charge < -0.3 is 19.5 Å². The first-order chi connectivity index (χ1) is 15.2. The predicted molar refractivity (Wildman–Crippen MR) is 116 cm³/mol. The van der Waals surface area contributed by atoms with Gasteiger partial charge in [-0.3, -0.25) is 9.97 Å². The second-order valence-corrected chi connectivity index (χ2v) is 7.91. The van der Waals surface area contributed by atoms with Crippen molar-refractivity contribution < 1.29 is 9.26 Å². The van der Waals surface area contributed by atoms with Gasteiger partial charge in [0.25, 0.3) is 0 Å². The lowest BCUT2D eigenvalue weighted by Gasteiger charge is -2.23. The van der Waals surface area contributed by atoms with Crippen LogP contribution in [0.25, 0.3) is 11.4 Å². The monoisotopic (exact) mass is 436 g/mol. The summed E-state index contributed by atoms with van der Waals surface area (Å²) in [5, 5.41) is 10.1. The summed E-state index contributed by atoms with van der Waals surface area (Å²) >= 11 is 1.50. The summed E-state index contributed by atoms with van der Waals surface area (Å²) in [5.41, 5.74) is 2.19. The molecule has 5 heterocycles. The van der Waals surface area contributed by atoms with Gasteiger partial charge in [0, 0.05) is 42.6 Å². The Kier molecular flexibility index (Phi) is 5.16. The SMILES string of the molecule is COc1cc(Nc2nccs2)nc(N2CCCC2c2cc(-c3nccnc3C)no2)n1. The number of nitrogens with one attached hydrogen (secondary N) is 1. The third-order valence-corrected chi connectivity index (χ3v) is 5.75. The normalized spacial score (nSPS) is 15.9. The van der Waals surface area contributed by atoms with Crippen LogP contribution in [0.1, 0.15) is 30.3 Å². The molecular formula is C20H20N8O2S. The summed E-state index contributed by atoms with van der Waals surface area (Å²) in [4.78, 5) is 24.3. The Balaban J connectivity index is 1.45. The Morgan fingerprint density at radius 2 is 2.06 bits per heavy atom. The maximum absolute atomic E-state index is 5.71. The third kappa shape index (κ3) is 3.91. The van der Waals surface area contributed by atoms with Crippen LogP contribution in [0.15, 0.2) is 40.6 Å². The van der Waals surface area contributed by atoms with Crippen LogP contribution in [0.2, 0.25) is 0 Å². The Labute approximate surface area is 182 Å². The van der Waals surface area contributed by atoms with E-state index in [1.54, 1.807) is 31.8 Å². The molecule has 4 aromatic rings. The van der Waals surface area contributed by atoms with Crippen molar-refractivity contribution >= 4 is 28.2 Å². The molecule has 1 saturated heterocycles. The van der Waals surface area contributed by atoms with Gasteiger partial charge in [0.2, 0.25) is 11.8 Å². The lowest BCUT2D eigenvalue weighted by Crippen LogP contribution is -2.24. The molecule has 0 aromatic carbocycles. The zero-order valence-corrected chi connectivity index (χ0v) is 17.8. The van der Waals surface area contributed by atoms with E-state index >= 15 is 0 Å².